The predicted octanol–water partition coefficient (Wildman–Crippen LogP) is 1.37. The van der Waals surface area contributed by atoms with Gasteiger partial charge in [0.2, 0.25) is 0 Å². The Labute approximate surface area is 103 Å². The minimum absolute atomic E-state index is 0.0536. The van der Waals surface area contributed by atoms with Crippen LogP contribution in [0.25, 0.3) is 0 Å². The number of hydrogen-bond acceptors (Lipinski definition) is 6. The van der Waals surface area contributed by atoms with Crippen molar-refractivity contribution < 1.29 is 24.2 Å². The lowest BCUT2D eigenvalue weighted by atomic mass is 10.1. The smallest absolute Gasteiger partial charge is 0.338 e. The number of hydrogen-bond donors (Lipinski definition) is 0. The first-order valence-electron chi connectivity index (χ1n) is 5.13. The number of rotatable bonds is 6. The summed E-state index contributed by atoms with van der Waals surface area (Å²) in [6, 6.07) is 4.81. The monoisotopic (exact) mass is 255 g/mol. The average Bonchev–Trinajstić information content (AvgIpc) is 2.33. The van der Waals surface area contributed by atoms with Crippen LogP contribution in [0.15, 0.2) is 18.2 Å². The van der Waals surface area contributed by atoms with Crippen LogP contribution in [-0.2, 0) is 9.57 Å². The van der Waals surface area contributed by atoms with Gasteiger partial charge in [0.05, 0.1) is 12.7 Å². The number of ether oxygens (including phenoxy) is 2. The van der Waals surface area contributed by atoms with Gasteiger partial charge in [0, 0.05) is 0 Å². The van der Waals surface area contributed by atoms with Crippen LogP contribution < -0.4 is 4.74 Å². The molecule has 1 aromatic carbocycles. The largest absolute Gasteiger partial charge is 0.492 e. The Hall–Kier alpha value is -2.31. The molecule has 0 aliphatic rings. The van der Waals surface area contributed by atoms with Gasteiger partial charge in [0.25, 0.3) is 5.09 Å². The summed E-state index contributed by atoms with van der Waals surface area (Å²) in [4.78, 5) is 25.3. The molecule has 0 unspecified atom stereocenters. The Morgan fingerprint density at radius 2 is 2.11 bits per heavy atom. The second-order valence-electron chi connectivity index (χ2n) is 3.37. The van der Waals surface area contributed by atoms with Crippen molar-refractivity contribution in [3.8, 4) is 5.75 Å². The molecule has 98 valence electrons. The van der Waals surface area contributed by atoms with E-state index in [2.05, 4.69) is 9.57 Å². The molecule has 0 saturated heterocycles. The fourth-order valence-electron chi connectivity index (χ4n) is 1.34. The SMILES string of the molecule is COC(=O)c1ccc(OCCO[N+](=O)[O-])cc1C. The molecule has 0 amide bonds. The van der Waals surface area contributed by atoms with Crippen LogP contribution in [0.4, 0.5) is 0 Å². The van der Waals surface area contributed by atoms with Gasteiger partial charge in [-0.1, -0.05) is 0 Å². The summed E-state index contributed by atoms with van der Waals surface area (Å²) >= 11 is 0. The van der Waals surface area contributed by atoms with Crippen LogP contribution >= 0.6 is 0 Å². The van der Waals surface area contributed by atoms with Gasteiger partial charge < -0.3 is 14.3 Å². The van der Waals surface area contributed by atoms with Crippen molar-refractivity contribution in [3.63, 3.8) is 0 Å². The average molecular weight is 255 g/mol. The van der Waals surface area contributed by atoms with Gasteiger partial charge in [-0.2, -0.15) is 0 Å². The molecular weight excluding hydrogens is 242 g/mol. The van der Waals surface area contributed by atoms with E-state index in [9.17, 15) is 14.9 Å². The third-order valence-electron chi connectivity index (χ3n) is 2.15. The minimum atomic E-state index is -0.880. The van der Waals surface area contributed by atoms with E-state index in [-0.39, 0.29) is 13.2 Å². The zero-order valence-electron chi connectivity index (χ0n) is 10.0. The second-order valence-corrected chi connectivity index (χ2v) is 3.37. The van der Waals surface area contributed by atoms with Crippen molar-refractivity contribution in [2.24, 2.45) is 0 Å². The molecule has 0 spiro atoms. The van der Waals surface area contributed by atoms with Crippen LogP contribution in [-0.4, -0.2) is 31.4 Å². The number of esters is 1. The standard InChI is InChI=1S/C11H13NO6/c1-8-7-9(17-5-6-18-12(14)15)3-4-10(8)11(13)16-2/h3-4,7H,5-6H2,1-2H3. The van der Waals surface area contributed by atoms with Crippen molar-refractivity contribution in [2.45, 2.75) is 6.92 Å². The maximum atomic E-state index is 11.3. The number of nitrogens with zero attached hydrogens (tertiary/aromatic N) is 1. The molecule has 0 aliphatic carbocycles. The fourth-order valence-corrected chi connectivity index (χ4v) is 1.34. The number of benzene rings is 1. The Morgan fingerprint density at radius 3 is 2.67 bits per heavy atom. The molecule has 0 N–H and O–H groups in total. The molecule has 0 radical (unpaired) electrons. The van der Waals surface area contributed by atoms with Gasteiger partial charge >= 0.3 is 5.97 Å². The molecule has 7 heteroatoms. The summed E-state index contributed by atoms with van der Waals surface area (Å²) in [5.41, 5.74) is 1.15. The van der Waals surface area contributed by atoms with Gasteiger partial charge in [0.15, 0.2) is 0 Å². The molecule has 0 fully saturated rings. The van der Waals surface area contributed by atoms with Crippen LogP contribution in [0, 0.1) is 17.0 Å². The highest BCUT2D eigenvalue weighted by atomic mass is 17.0. The zero-order chi connectivity index (χ0) is 13.5. The summed E-state index contributed by atoms with van der Waals surface area (Å²) in [5.74, 6) is 0.0860. The van der Waals surface area contributed by atoms with E-state index in [0.29, 0.717) is 16.9 Å². The molecule has 1 rings (SSSR count). The molecule has 1 aromatic rings. The number of methoxy groups -OCH3 is 1. The zero-order valence-corrected chi connectivity index (χ0v) is 10.0. The van der Waals surface area contributed by atoms with Crippen molar-refractivity contribution in [3.05, 3.63) is 39.4 Å². The Morgan fingerprint density at radius 1 is 1.39 bits per heavy atom. The van der Waals surface area contributed by atoms with E-state index in [1.54, 1.807) is 25.1 Å². The van der Waals surface area contributed by atoms with E-state index in [4.69, 9.17) is 4.74 Å². The van der Waals surface area contributed by atoms with E-state index < -0.39 is 11.1 Å². The molecule has 7 nitrogen and oxygen atoms in total. The van der Waals surface area contributed by atoms with E-state index >= 15 is 0 Å². The first kappa shape index (κ1) is 13.8. The van der Waals surface area contributed by atoms with Crippen molar-refractivity contribution >= 4 is 5.97 Å². The Balaban J connectivity index is 2.56. The highest BCUT2D eigenvalue weighted by Crippen LogP contribution is 2.17. The second kappa shape index (κ2) is 6.43. The lowest BCUT2D eigenvalue weighted by Gasteiger charge is -2.08. The summed E-state index contributed by atoms with van der Waals surface area (Å²) in [5, 5.41) is 9.01. The molecule has 18 heavy (non-hydrogen) atoms. The maximum Gasteiger partial charge on any atom is 0.338 e. The Kier molecular flexibility index (Phi) is 4.91. The van der Waals surface area contributed by atoms with Gasteiger partial charge in [0.1, 0.15) is 19.0 Å². The number of carbonyl (C=O) groups excluding carboxylic acids is 1. The van der Waals surface area contributed by atoms with Crippen LogP contribution in [0.5, 0.6) is 5.75 Å². The predicted molar refractivity (Wildman–Crippen MR) is 61.0 cm³/mol. The molecule has 0 aromatic heterocycles. The fraction of sp³-hybridized carbons (Fsp3) is 0.364. The van der Waals surface area contributed by atoms with Crippen molar-refractivity contribution in [2.75, 3.05) is 20.3 Å². The summed E-state index contributed by atoms with van der Waals surface area (Å²) < 4.78 is 9.83. The highest BCUT2D eigenvalue weighted by Gasteiger charge is 2.09. The maximum absolute atomic E-state index is 11.3. The van der Waals surface area contributed by atoms with E-state index in [0.717, 1.165) is 0 Å². The van der Waals surface area contributed by atoms with Crippen LogP contribution in [0.3, 0.4) is 0 Å². The quantitative estimate of drug-likeness (QED) is 0.330. The van der Waals surface area contributed by atoms with Crippen LogP contribution in [0.1, 0.15) is 15.9 Å². The lowest BCUT2D eigenvalue weighted by Crippen LogP contribution is -2.11. The number of aryl methyl sites for hydroxylation is 1. The molecule has 0 bridgehead atoms. The first-order valence-corrected chi connectivity index (χ1v) is 5.13. The van der Waals surface area contributed by atoms with Gasteiger partial charge in [-0.3, -0.25) is 0 Å². The van der Waals surface area contributed by atoms with E-state index in [1.165, 1.54) is 7.11 Å². The third-order valence-corrected chi connectivity index (χ3v) is 2.15. The third kappa shape index (κ3) is 3.93. The number of carbonyl (C=O) groups is 1. The summed E-state index contributed by atoms with van der Waals surface area (Å²) in [7, 11) is 1.31. The van der Waals surface area contributed by atoms with Crippen LogP contribution in [0.2, 0.25) is 0 Å². The molecule has 0 atom stereocenters. The molecule has 0 heterocycles. The normalized spacial score (nSPS) is 9.67. The Bertz CT molecular complexity index is 445. The molecule has 0 aliphatic heterocycles. The topological polar surface area (TPSA) is 87.9 Å². The lowest BCUT2D eigenvalue weighted by molar-refractivity contribution is -0.757. The minimum Gasteiger partial charge on any atom is -0.492 e. The molecule has 0 saturated carbocycles. The van der Waals surface area contributed by atoms with E-state index in [1.807, 2.05) is 0 Å². The first-order chi connectivity index (χ1) is 8.54. The van der Waals surface area contributed by atoms with Gasteiger partial charge in [-0.15, -0.1) is 10.1 Å². The van der Waals surface area contributed by atoms with Gasteiger partial charge in [-0.25, -0.2) is 4.79 Å². The van der Waals surface area contributed by atoms with Crippen molar-refractivity contribution in [1.29, 1.82) is 0 Å². The summed E-state index contributed by atoms with van der Waals surface area (Å²) in [6.07, 6.45) is 0. The highest BCUT2D eigenvalue weighted by molar-refractivity contribution is 5.91. The molecular formula is C11H13NO6. The van der Waals surface area contributed by atoms with Crippen molar-refractivity contribution in [1.82, 2.24) is 0 Å². The summed E-state index contributed by atoms with van der Waals surface area (Å²) in [6.45, 7) is 1.65. The van der Waals surface area contributed by atoms with Gasteiger partial charge in [-0.05, 0) is 30.7 Å².